The molecular formula is C33H39Cl2N3O5. The van der Waals surface area contributed by atoms with E-state index in [1.165, 1.54) is 6.07 Å². The molecule has 8 nitrogen and oxygen atoms in total. The van der Waals surface area contributed by atoms with Crippen molar-refractivity contribution in [3.8, 4) is 5.75 Å². The number of carbonyl (C=O) groups excluding carboxylic acids is 3. The van der Waals surface area contributed by atoms with Gasteiger partial charge in [-0.2, -0.15) is 0 Å². The van der Waals surface area contributed by atoms with E-state index in [2.05, 4.69) is 16.0 Å². The number of anilines is 1. The van der Waals surface area contributed by atoms with E-state index in [0.29, 0.717) is 29.5 Å². The molecule has 230 valence electrons. The molecule has 3 amide bonds. The lowest BCUT2D eigenvalue weighted by Crippen LogP contribution is -2.54. The number of amides is 3. The fourth-order valence-electron chi connectivity index (χ4n) is 4.15. The topological polar surface area (TPSA) is 106 Å². The molecule has 0 radical (unpaired) electrons. The number of nitrogens with one attached hydrogen (secondary N) is 3. The Bertz CT molecular complexity index is 1380. The smallest absolute Gasteiger partial charge is 0.329 e. The second kappa shape index (κ2) is 15.6. The molecule has 3 rings (SSSR count). The van der Waals surface area contributed by atoms with Gasteiger partial charge in [0.2, 0.25) is 5.91 Å². The summed E-state index contributed by atoms with van der Waals surface area (Å²) in [6, 6.07) is 19.3. The number of carbonyl (C=O) groups is 3. The lowest BCUT2D eigenvalue weighted by Gasteiger charge is -2.27. The van der Waals surface area contributed by atoms with Gasteiger partial charge in [-0.25, -0.2) is 9.59 Å². The third-order valence-electron chi connectivity index (χ3n) is 6.13. The molecular weight excluding hydrogens is 589 g/mol. The van der Waals surface area contributed by atoms with Crippen LogP contribution in [0.5, 0.6) is 5.75 Å². The molecule has 0 saturated heterocycles. The van der Waals surface area contributed by atoms with Gasteiger partial charge < -0.3 is 25.4 Å². The van der Waals surface area contributed by atoms with Crippen LogP contribution in [0.3, 0.4) is 0 Å². The zero-order valence-electron chi connectivity index (χ0n) is 25.1. The number of hydrogen-bond acceptors (Lipinski definition) is 5. The van der Waals surface area contributed by atoms with E-state index in [1.807, 2.05) is 68.4 Å². The Balaban J connectivity index is 1.71. The Labute approximate surface area is 263 Å². The molecule has 10 heteroatoms. The molecule has 0 heterocycles. The van der Waals surface area contributed by atoms with E-state index >= 15 is 0 Å². The third-order valence-corrected chi connectivity index (χ3v) is 6.68. The average Bonchev–Trinajstić information content (AvgIpc) is 2.93. The molecule has 3 aromatic rings. The van der Waals surface area contributed by atoms with E-state index in [0.717, 1.165) is 11.1 Å². The van der Waals surface area contributed by atoms with Crippen molar-refractivity contribution in [1.29, 1.82) is 0 Å². The summed E-state index contributed by atoms with van der Waals surface area (Å²) in [5.41, 5.74) is 1.43. The van der Waals surface area contributed by atoms with Gasteiger partial charge >= 0.3 is 12.0 Å². The first-order valence-corrected chi connectivity index (χ1v) is 14.9. The number of hydrogen-bond donors (Lipinski definition) is 3. The number of ether oxygens (including phenoxy) is 2. The van der Waals surface area contributed by atoms with Crippen LogP contribution < -0.4 is 20.7 Å². The number of benzene rings is 3. The molecule has 2 atom stereocenters. The van der Waals surface area contributed by atoms with E-state index in [4.69, 9.17) is 32.7 Å². The van der Waals surface area contributed by atoms with E-state index in [-0.39, 0.29) is 17.4 Å². The van der Waals surface area contributed by atoms with Gasteiger partial charge in [-0.15, -0.1) is 0 Å². The second-order valence-corrected chi connectivity index (χ2v) is 12.5. The third kappa shape index (κ3) is 11.8. The van der Waals surface area contributed by atoms with Crippen LogP contribution in [0.25, 0.3) is 0 Å². The van der Waals surface area contributed by atoms with E-state index in [1.54, 1.807) is 32.9 Å². The predicted octanol–water partition coefficient (Wildman–Crippen LogP) is 7.18. The van der Waals surface area contributed by atoms with Crippen LogP contribution in [-0.2, 0) is 27.4 Å². The van der Waals surface area contributed by atoms with Crippen molar-refractivity contribution in [3.63, 3.8) is 0 Å². The summed E-state index contributed by atoms with van der Waals surface area (Å²) < 4.78 is 11.5. The Hall–Kier alpha value is -3.75. The molecule has 0 aliphatic rings. The number of esters is 1. The van der Waals surface area contributed by atoms with E-state index in [9.17, 15) is 14.4 Å². The molecule has 0 aliphatic heterocycles. The minimum absolute atomic E-state index is 0.0681. The lowest BCUT2D eigenvalue weighted by atomic mass is 10.0. The first-order valence-electron chi connectivity index (χ1n) is 14.1. The minimum atomic E-state index is -0.993. The Kier molecular flexibility index (Phi) is 12.3. The minimum Gasteiger partial charge on any atom is -0.489 e. The summed E-state index contributed by atoms with van der Waals surface area (Å²) in [4.78, 5) is 39.5. The van der Waals surface area contributed by atoms with Crippen LogP contribution in [0, 0.1) is 5.92 Å². The van der Waals surface area contributed by atoms with Crippen LogP contribution >= 0.6 is 23.2 Å². The average molecular weight is 629 g/mol. The molecule has 0 spiro atoms. The fraction of sp³-hybridized carbons (Fsp3) is 0.364. The number of halogens is 2. The molecule has 0 aromatic heterocycles. The van der Waals surface area contributed by atoms with Crippen molar-refractivity contribution in [1.82, 2.24) is 10.6 Å². The number of urea groups is 1. The summed E-state index contributed by atoms with van der Waals surface area (Å²) in [6.07, 6.45) is 0.517. The molecule has 3 N–H and O–H groups in total. The van der Waals surface area contributed by atoms with Crippen molar-refractivity contribution in [2.45, 2.75) is 71.8 Å². The van der Waals surface area contributed by atoms with Gasteiger partial charge in [-0.1, -0.05) is 79.5 Å². The first-order chi connectivity index (χ1) is 20.3. The molecule has 43 heavy (non-hydrogen) atoms. The molecule has 0 aliphatic carbocycles. The standard InChI is InChI=1S/C33H39Cl2N3O5/c1-21(2)17-28(38-32(41)37-27-16-13-24(34)19-26(27)35)30(39)36-29(31(40)43-33(3,4)5)18-22-11-14-25(15-12-22)42-20-23-9-7-6-8-10-23/h6-16,19,21,28-29H,17-18,20H2,1-5H3,(H,36,39)(H2,37,38,41). The van der Waals surface area contributed by atoms with Crippen LogP contribution in [0.2, 0.25) is 10.0 Å². The van der Waals surface area contributed by atoms with E-state index < -0.39 is 35.6 Å². The summed E-state index contributed by atoms with van der Waals surface area (Å²) >= 11 is 12.1. The quantitative estimate of drug-likeness (QED) is 0.184. The van der Waals surface area contributed by atoms with Crippen molar-refractivity contribution < 1.29 is 23.9 Å². The summed E-state index contributed by atoms with van der Waals surface area (Å²) in [5, 5.41) is 8.85. The molecule has 0 bridgehead atoms. The SMILES string of the molecule is CC(C)CC(NC(=O)Nc1ccc(Cl)cc1Cl)C(=O)NC(Cc1ccc(OCc2ccccc2)cc1)C(=O)OC(C)(C)C. The predicted molar refractivity (Wildman–Crippen MR) is 171 cm³/mol. The summed E-state index contributed by atoms with van der Waals surface area (Å²) in [5.74, 6) is -0.340. The van der Waals surface area contributed by atoms with Crippen LogP contribution in [0.1, 0.15) is 52.2 Å². The van der Waals surface area contributed by atoms with Gasteiger partial charge in [0.15, 0.2) is 0 Å². The highest BCUT2D eigenvalue weighted by Crippen LogP contribution is 2.25. The second-order valence-electron chi connectivity index (χ2n) is 11.6. The van der Waals surface area contributed by atoms with Crippen LogP contribution in [-0.4, -0.2) is 35.6 Å². The maximum atomic E-state index is 13.5. The summed E-state index contributed by atoms with van der Waals surface area (Å²) in [7, 11) is 0. The highest BCUT2D eigenvalue weighted by Gasteiger charge is 2.30. The normalized spacial score (nSPS) is 12.7. The molecule has 3 aromatic carbocycles. The molecule has 0 saturated carbocycles. The first kappa shape index (κ1) is 33.7. The monoisotopic (exact) mass is 627 g/mol. The molecule has 2 unspecified atom stereocenters. The zero-order chi connectivity index (χ0) is 31.6. The van der Waals surface area contributed by atoms with Crippen LogP contribution in [0.4, 0.5) is 10.5 Å². The van der Waals surface area contributed by atoms with Gasteiger partial charge in [0.05, 0.1) is 10.7 Å². The van der Waals surface area contributed by atoms with Crippen LogP contribution in [0.15, 0.2) is 72.8 Å². The molecule has 0 fully saturated rings. The maximum Gasteiger partial charge on any atom is 0.329 e. The largest absolute Gasteiger partial charge is 0.489 e. The van der Waals surface area contributed by atoms with Gasteiger partial charge in [0, 0.05) is 11.4 Å². The Morgan fingerprint density at radius 2 is 1.51 bits per heavy atom. The lowest BCUT2D eigenvalue weighted by molar-refractivity contribution is -0.158. The highest BCUT2D eigenvalue weighted by atomic mass is 35.5. The fourth-order valence-corrected chi connectivity index (χ4v) is 4.60. The van der Waals surface area contributed by atoms with Gasteiger partial charge in [-0.3, -0.25) is 4.79 Å². The maximum absolute atomic E-state index is 13.5. The van der Waals surface area contributed by atoms with Gasteiger partial charge in [0.1, 0.15) is 30.0 Å². The van der Waals surface area contributed by atoms with Gasteiger partial charge in [-0.05, 0) is 74.6 Å². The zero-order valence-corrected chi connectivity index (χ0v) is 26.6. The van der Waals surface area contributed by atoms with Crippen molar-refractivity contribution >= 4 is 46.8 Å². The Morgan fingerprint density at radius 1 is 0.837 bits per heavy atom. The summed E-state index contributed by atoms with van der Waals surface area (Å²) in [6.45, 7) is 9.58. The van der Waals surface area contributed by atoms with Crippen molar-refractivity contribution in [2.75, 3.05) is 5.32 Å². The highest BCUT2D eigenvalue weighted by molar-refractivity contribution is 6.36. The Morgan fingerprint density at radius 3 is 2.12 bits per heavy atom. The van der Waals surface area contributed by atoms with Gasteiger partial charge in [0.25, 0.3) is 0 Å². The number of rotatable bonds is 12. The van der Waals surface area contributed by atoms with Crippen molar-refractivity contribution in [3.05, 3.63) is 94.0 Å². The van der Waals surface area contributed by atoms with Crippen molar-refractivity contribution in [2.24, 2.45) is 5.92 Å².